The molecule has 0 aliphatic carbocycles. The smallest absolute Gasteiger partial charge is 0.416 e. The predicted octanol–water partition coefficient (Wildman–Crippen LogP) is 4.52. The summed E-state index contributed by atoms with van der Waals surface area (Å²) in [5.41, 5.74) is 0.0573. The van der Waals surface area contributed by atoms with Crippen molar-refractivity contribution < 1.29 is 22.4 Å². The van der Waals surface area contributed by atoms with E-state index in [1.165, 1.54) is 12.1 Å². The van der Waals surface area contributed by atoms with Gasteiger partial charge in [0.05, 0.1) is 22.6 Å². The molecule has 0 saturated carbocycles. The summed E-state index contributed by atoms with van der Waals surface area (Å²) in [5.74, 6) is 0.856. The Kier molecular flexibility index (Phi) is 5.50. The van der Waals surface area contributed by atoms with Crippen LogP contribution in [0.25, 0.3) is 11.4 Å². The van der Waals surface area contributed by atoms with Crippen molar-refractivity contribution in [2.24, 2.45) is 7.05 Å². The quantitative estimate of drug-likeness (QED) is 0.626. The minimum absolute atomic E-state index is 0.0833. The highest BCUT2D eigenvalue weighted by Gasteiger charge is 2.30. The van der Waals surface area contributed by atoms with Gasteiger partial charge in [-0.1, -0.05) is 17.8 Å². The van der Waals surface area contributed by atoms with Crippen LogP contribution in [0.3, 0.4) is 0 Å². The van der Waals surface area contributed by atoms with Gasteiger partial charge in [-0.15, -0.1) is 10.2 Å². The summed E-state index contributed by atoms with van der Waals surface area (Å²) in [7, 11) is 1.77. The number of anilines is 1. The molecule has 0 unspecified atom stereocenters. The topological polar surface area (TPSA) is 72.9 Å². The number of halogens is 3. The third-order valence-electron chi connectivity index (χ3n) is 4.04. The summed E-state index contributed by atoms with van der Waals surface area (Å²) < 4.78 is 45.4. The highest BCUT2D eigenvalue weighted by molar-refractivity contribution is 8.00. The molecule has 6 nitrogen and oxygen atoms in total. The van der Waals surface area contributed by atoms with Crippen LogP contribution in [0.1, 0.15) is 18.2 Å². The van der Waals surface area contributed by atoms with Crippen LogP contribution in [0.15, 0.2) is 46.2 Å². The fourth-order valence-corrected chi connectivity index (χ4v) is 3.31. The molecule has 1 N–H and O–H groups in total. The maximum Gasteiger partial charge on any atom is 0.416 e. The molecule has 0 aliphatic rings. The summed E-state index contributed by atoms with van der Waals surface area (Å²) in [4.78, 5) is 12.4. The molecule has 3 aromatic rings. The van der Waals surface area contributed by atoms with Crippen molar-refractivity contribution in [1.29, 1.82) is 0 Å². The van der Waals surface area contributed by atoms with Gasteiger partial charge in [0.15, 0.2) is 11.0 Å². The molecule has 1 atom stereocenters. The first-order valence-electron chi connectivity index (χ1n) is 8.25. The van der Waals surface area contributed by atoms with Crippen LogP contribution in [0.2, 0.25) is 0 Å². The SMILES string of the molecule is Cc1occc1-c1nnc(S[C@H](C)C(=O)Nc2cccc(C(F)(F)F)c2)n1C. The molecule has 0 saturated heterocycles. The van der Waals surface area contributed by atoms with Gasteiger partial charge in [-0.25, -0.2) is 0 Å². The van der Waals surface area contributed by atoms with Crippen molar-refractivity contribution in [3.63, 3.8) is 0 Å². The maximum atomic E-state index is 12.8. The number of furan rings is 1. The number of hydrogen-bond donors (Lipinski definition) is 1. The molecule has 0 aliphatic heterocycles. The fraction of sp³-hybridized carbons (Fsp3) is 0.278. The Hall–Kier alpha value is -2.75. The predicted molar refractivity (Wildman–Crippen MR) is 98.8 cm³/mol. The Morgan fingerprint density at radius 3 is 2.68 bits per heavy atom. The zero-order valence-electron chi connectivity index (χ0n) is 15.2. The molecular weight excluding hydrogens is 393 g/mol. The fourth-order valence-electron chi connectivity index (χ4n) is 2.50. The lowest BCUT2D eigenvalue weighted by Gasteiger charge is -2.13. The van der Waals surface area contributed by atoms with Crippen molar-refractivity contribution >= 4 is 23.4 Å². The van der Waals surface area contributed by atoms with Crippen LogP contribution < -0.4 is 5.32 Å². The molecule has 0 fully saturated rings. The first kappa shape index (κ1) is 20.0. The van der Waals surface area contributed by atoms with E-state index in [0.717, 1.165) is 29.5 Å². The summed E-state index contributed by atoms with van der Waals surface area (Å²) >= 11 is 1.16. The summed E-state index contributed by atoms with van der Waals surface area (Å²) in [6.07, 6.45) is -2.92. The minimum Gasteiger partial charge on any atom is -0.469 e. The Morgan fingerprint density at radius 2 is 2.04 bits per heavy atom. The number of nitrogens with one attached hydrogen (secondary N) is 1. The number of rotatable bonds is 5. The molecule has 0 radical (unpaired) electrons. The van der Waals surface area contributed by atoms with Crippen LogP contribution >= 0.6 is 11.8 Å². The molecule has 1 aromatic carbocycles. The van der Waals surface area contributed by atoms with E-state index in [1.807, 2.05) is 6.92 Å². The van der Waals surface area contributed by atoms with Crippen LogP contribution in [0.5, 0.6) is 0 Å². The molecule has 0 bridgehead atoms. The Morgan fingerprint density at radius 1 is 1.29 bits per heavy atom. The van der Waals surface area contributed by atoms with Crippen molar-refractivity contribution in [2.75, 3.05) is 5.32 Å². The third-order valence-corrected chi connectivity index (χ3v) is 5.18. The minimum atomic E-state index is -4.47. The van der Waals surface area contributed by atoms with E-state index in [2.05, 4.69) is 15.5 Å². The van der Waals surface area contributed by atoms with E-state index in [9.17, 15) is 18.0 Å². The van der Waals surface area contributed by atoms with E-state index >= 15 is 0 Å². The number of amides is 1. The standard InChI is InChI=1S/C18H17F3N4O2S/c1-10-14(7-8-27-10)15-23-24-17(25(15)3)28-11(2)16(26)22-13-6-4-5-12(9-13)18(19,20)21/h4-9,11H,1-3H3,(H,22,26)/t11-/m1/s1. The lowest BCUT2D eigenvalue weighted by Crippen LogP contribution is -2.23. The van der Waals surface area contributed by atoms with Crippen LogP contribution in [0.4, 0.5) is 18.9 Å². The third kappa shape index (κ3) is 4.22. The van der Waals surface area contributed by atoms with E-state index in [-0.39, 0.29) is 5.69 Å². The van der Waals surface area contributed by atoms with Crippen LogP contribution in [0, 0.1) is 6.92 Å². The maximum absolute atomic E-state index is 12.8. The highest BCUT2D eigenvalue weighted by Crippen LogP contribution is 2.31. The van der Waals surface area contributed by atoms with Gasteiger partial charge in [0.2, 0.25) is 5.91 Å². The molecule has 0 spiro atoms. The van der Waals surface area contributed by atoms with Gasteiger partial charge in [-0.2, -0.15) is 13.2 Å². The van der Waals surface area contributed by atoms with E-state index in [4.69, 9.17) is 4.42 Å². The van der Waals surface area contributed by atoms with Gasteiger partial charge in [0.1, 0.15) is 5.76 Å². The zero-order valence-corrected chi connectivity index (χ0v) is 16.1. The van der Waals surface area contributed by atoms with Gasteiger partial charge < -0.3 is 14.3 Å². The van der Waals surface area contributed by atoms with Gasteiger partial charge in [0.25, 0.3) is 0 Å². The number of aromatic nitrogens is 3. The number of benzene rings is 1. The molecule has 148 valence electrons. The summed E-state index contributed by atoms with van der Waals surface area (Å²) in [5, 5.41) is 10.6. The Bertz CT molecular complexity index is 997. The number of alkyl halides is 3. The Balaban J connectivity index is 1.70. The lowest BCUT2D eigenvalue weighted by atomic mass is 10.2. The second-order valence-corrected chi connectivity index (χ2v) is 7.39. The molecular formula is C18H17F3N4O2S. The molecule has 2 heterocycles. The molecule has 2 aromatic heterocycles. The second-order valence-electron chi connectivity index (χ2n) is 6.08. The van der Waals surface area contributed by atoms with E-state index in [1.54, 1.807) is 30.9 Å². The largest absolute Gasteiger partial charge is 0.469 e. The summed E-state index contributed by atoms with van der Waals surface area (Å²) in [6.45, 7) is 3.45. The van der Waals surface area contributed by atoms with Crippen molar-refractivity contribution in [3.8, 4) is 11.4 Å². The number of carbonyl (C=O) groups excluding carboxylic acids is 1. The molecule has 1 amide bonds. The number of hydrogen-bond acceptors (Lipinski definition) is 5. The second kappa shape index (κ2) is 7.70. The van der Waals surface area contributed by atoms with Crippen LogP contribution in [-0.2, 0) is 18.0 Å². The molecule has 10 heteroatoms. The van der Waals surface area contributed by atoms with Crippen molar-refractivity contribution in [1.82, 2.24) is 14.8 Å². The normalized spacial score (nSPS) is 12.8. The molecule has 28 heavy (non-hydrogen) atoms. The first-order valence-corrected chi connectivity index (χ1v) is 9.13. The lowest BCUT2D eigenvalue weighted by molar-refractivity contribution is -0.137. The van der Waals surface area contributed by atoms with Crippen molar-refractivity contribution in [3.05, 3.63) is 47.9 Å². The van der Waals surface area contributed by atoms with Crippen LogP contribution in [-0.4, -0.2) is 25.9 Å². The van der Waals surface area contributed by atoms with Gasteiger partial charge in [-0.05, 0) is 38.1 Å². The van der Waals surface area contributed by atoms with Crippen molar-refractivity contribution in [2.45, 2.75) is 30.4 Å². The number of nitrogens with zero attached hydrogens (tertiary/aromatic N) is 3. The highest BCUT2D eigenvalue weighted by atomic mass is 32.2. The number of aryl methyl sites for hydroxylation is 1. The monoisotopic (exact) mass is 410 g/mol. The first-order chi connectivity index (χ1) is 13.2. The van der Waals surface area contributed by atoms with E-state index in [0.29, 0.717) is 16.7 Å². The number of thioether (sulfide) groups is 1. The zero-order chi connectivity index (χ0) is 20.5. The van der Waals surface area contributed by atoms with Gasteiger partial charge >= 0.3 is 6.18 Å². The average molecular weight is 410 g/mol. The average Bonchev–Trinajstić information content (AvgIpc) is 3.20. The van der Waals surface area contributed by atoms with Gasteiger partial charge in [0, 0.05) is 12.7 Å². The Labute approximate surface area is 163 Å². The summed E-state index contributed by atoms with van der Waals surface area (Å²) in [6, 6.07) is 6.28. The van der Waals surface area contributed by atoms with Gasteiger partial charge in [-0.3, -0.25) is 4.79 Å². The molecule has 3 rings (SSSR count). The number of carbonyl (C=O) groups is 1. The van der Waals surface area contributed by atoms with E-state index < -0.39 is 22.9 Å².